The molecule has 3 aromatic carbocycles. The van der Waals surface area contributed by atoms with Gasteiger partial charge in [-0.25, -0.2) is 17.9 Å². The number of carbonyl (C=O) groups is 1. The number of carboxylic acid groups (broad SMARTS) is 2. The Labute approximate surface area is 188 Å². The van der Waals surface area contributed by atoms with E-state index in [1.54, 1.807) is 6.07 Å². The van der Waals surface area contributed by atoms with Crippen LogP contribution in [0.25, 0.3) is 11.1 Å². The molecule has 2 aliphatic carbocycles. The van der Waals surface area contributed by atoms with Crippen LogP contribution in [0, 0.1) is 0 Å². The quantitative estimate of drug-likeness (QED) is 0.361. The second kappa shape index (κ2) is 8.45. The van der Waals surface area contributed by atoms with E-state index in [0.717, 1.165) is 28.4 Å². The summed E-state index contributed by atoms with van der Waals surface area (Å²) in [4.78, 5) is 8.91. The average molecular weight is 502 g/mol. The Balaban J connectivity index is 0.000000535. The van der Waals surface area contributed by atoms with E-state index >= 15 is 0 Å². The minimum Gasteiger partial charge on any atom is -0.450 e. The van der Waals surface area contributed by atoms with Crippen LogP contribution in [0.5, 0.6) is 0 Å². The van der Waals surface area contributed by atoms with Crippen molar-refractivity contribution in [1.82, 2.24) is 4.72 Å². The zero-order valence-corrected chi connectivity index (χ0v) is 18.7. The minimum absolute atomic E-state index is 0.0150. The number of fused-ring (bicyclic) bond motifs is 3. The minimum atomic E-state index is -3.51. The van der Waals surface area contributed by atoms with E-state index in [-0.39, 0.29) is 12.0 Å². The molecule has 0 amide bonds. The third-order valence-electron chi connectivity index (χ3n) is 5.45. The summed E-state index contributed by atoms with van der Waals surface area (Å²) in [7, 11) is -3.51. The van der Waals surface area contributed by atoms with Crippen molar-refractivity contribution < 1.29 is 23.4 Å². The van der Waals surface area contributed by atoms with Gasteiger partial charge in [-0.15, -0.1) is 0 Å². The van der Waals surface area contributed by atoms with Crippen molar-refractivity contribution in [2.24, 2.45) is 0 Å². The van der Waals surface area contributed by atoms with Gasteiger partial charge >= 0.3 is 6.16 Å². The zero-order chi connectivity index (χ0) is 22.2. The first-order chi connectivity index (χ1) is 14.7. The molecule has 1 fully saturated rings. The highest BCUT2D eigenvalue weighted by Gasteiger charge is 2.41. The van der Waals surface area contributed by atoms with Crippen molar-refractivity contribution in [3.63, 3.8) is 0 Å². The Morgan fingerprint density at radius 2 is 1.55 bits per heavy atom. The molecule has 2 aliphatic rings. The Bertz CT molecular complexity index is 1240. The third kappa shape index (κ3) is 4.81. The predicted molar refractivity (Wildman–Crippen MR) is 121 cm³/mol. The fraction of sp³-hybridized carbons (Fsp3) is 0.174. The number of hydrogen-bond acceptors (Lipinski definition) is 3. The van der Waals surface area contributed by atoms with Crippen LogP contribution in [-0.2, 0) is 16.4 Å². The van der Waals surface area contributed by atoms with Crippen molar-refractivity contribution >= 4 is 32.1 Å². The molecule has 0 spiro atoms. The van der Waals surface area contributed by atoms with Crippen LogP contribution in [0.15, 0.2) is 76.1 Å². The molecule has 5 rings (SSSR count). The van der Waals surface area contributed by atoms with Gasteiger partial charge in [0.25, 0.3) is 0 Å². The molecule has 0 bridgehead atoms. The van der Waals surface area contributed by atoms with E-state index in [9.17, 15) is 8.42 Å². The van der Waals surface area contributed by atoms with E-state index in [0.29, 0.717) is 4.90 Å². The summed E-state index contributed by atoms with van der Waals surface area (Å²) in [5, 5.41) is 13.9. The predicted octanol–water partition coefficient (Wildman–Crippen LogP) is 5.08. The molecule has 0 saturated heterocycles. The van der Waals surface area contributed by atoms with Crippen LogP contribution in [0.2, 0.25) is 0 Å². The van der Waals surface area contributed by atoms with Crippen molar-refractivity contribution in [3.8, 4) is 11.1 Å². The maximum atomic E-state index is 12.9. The summed E-state index contributed by atoms with van der Waals surface area (Å²) in [6.07, 6.45) is -0.211. The number of nitrogens with one attached hydrogen (secondary N) is 1. The molecule has 0 unspecified atom stereocenters. The molecular weight excluding hydrogens is 482 g/mol. The van der Waals surface area contributed by atoms with Gasteiger partial charge in [0.15, 0.2) is 0 Å². The van der Waals surface area contributed by atoms with Crippen molar-refractivity contribution in [2.75, 3.05) is 0 Å². The molecule has 0 heterocycles. The van der Waals surface area contributed by atoms with E-state index in [2.05, 4.69) is 44.9 Å². The Kier molecular flexibility index (Phi) is 5.88. The van der Waals surface area contributed by atoms with Crippen LogP contribution >= 0.6 is 15.9 Å². The average Bonchev–Trinajstić information content (AvgIpc) is 3.37. The lowest BCUT2D eigenvalue weighted by atomic mass is 10.1. The summed E-state index contributed by atoms with van der Waals surface area (Å²) < 4.78 is 29.7. The number of halogens is 1. The molecular formula is C23H20BrNO5S. The van der Waals surface area contributed by atoms with Gasteiger partial charge in [-0.05, 0) is 64.9 Å². The van der Waals surface area contributed by atoms with E-state index in [1.807, 2.05) is 36.4 Å². The highest BCUT2D eigenvalue weighted by atomic mass is 79.9. The molecule has 3 N–H and O–H groups in total. The molecule has 0 aromatic heterocycles. The van der Waals surface area contributed by atoms with Gasteiger partial charge in [0.05, 0.1) is 4.90 Å². The monoisotopic (exact) mass is 501 g/mol. The smallest absolute Gasteiger partial charge is 0.450 e. The highest BCUT2D eigenvalue weighted by Crippen LogP contribution is 2.42. The first kappa shape index (κ1) is 21.5. The van der Waals surface area contributed by atoms with E-state index in [4.69, 9.17) is 15.0 Å². The summed E-state index contributed by atoms with van der Waals surface area (Å²) >= 11 is 3.51. The van der Waals surface area contributed by atoms with Crippen LogP contribution < -0.4 is 4.72 Å². The van der Waals surface area contributed by atoms with Gasteiger partial charge in [0.1, 0.15) is 0 Å². The summed E-state index contributed by atoms with van der Waals surface area (Å²) in [6, 6.07) is 21.8. The second-order valence-electron chi connectivity index (χ2n) is 7.56. The molecule has 0 radical (unpaired) electrons. The third-order valence-corrected chi connectivity index (χ3v) is 7.43. The lowest BCUT2D eigenvalue weighted by molar-refractivity contribution is 0.137. The second-order valence-corrected chi connectivity index (χ2v) is 10.2. The van der Waals surface area contributed by atoms with Crippen LogP contribution in [0.3, 0.4) is 0 Å². The first-order valence-electron chi connectivity index (χ1n) is 9.65. The van der Waals surface area contributed by atoms with Gasteiger partial charge in [-0.2, -0.15) is 0 Å². The normalized spacial score (nSPS) is 18.4. The van der Waals surface area contributed by atoms with Crippen molar-refractivity contribution in [3.05, 3.63) is 87.9 Å². The largest absolute Gasteiger partial charge is 0.503 e. The highest BCUT2D eigenvalue weighted by molar-refractivity contribution is 9.10. The van der Waals surface area contributed by atoms with Crippen molar-refractivity contribution in [1.29, 1.82) is 0 Å². The van der Waals surface area contributed by atoms with Crippen LogP contribution in [-0.4, -0.2) is 30.8 Å². The summed E-state index contributed by atoms with van der Waals surface area (Å²) in [5.41, 5.74) is 5.82. The fourth-order valence-electron chi connectivity index (χ4n) is 3.98. The van der Waals surface area contributed by atoms with Crippen molar-refractivity contribution in [2.45, 2.75) is 29.7 Å². The maximum absolute atomic E-state index is 12.9. The number of sulfonamides is 1. The van der Waals surface area contributed by atoms with Gasteiger partial charge < -0.3 is 10.2 Å². The van der Waals surface area contributed by atoms with Gasteiger partial charge in [0.2, 0.25) is 10.0 Å². The molecule has 8 heteroatoms. The first-order valence-corrected chi connectivity index (χ1v) is 11.9. The van der Waals surface area contributed by atoms with E-state index in [1.165, 1.54) is 16.7 Å². The number of hydrogen-bond donors (Lipinski definition) is 3. The number of benzene rings is 3. The molecule has 6 nitrogen and oxygen atoms in total. The molecule has 3 aromatic rings. The molecule has 160 valence electrons. The Morgan fingerprint density at radius 3 is 2.23 bits per heavy atom. The van der Waals surface area contributed by atoms with Crippen LogP contribution in [0.1, 0.15) is 29.0 Å². The SMILES string of the molecule is O=C(O)O.O=S(=O)(N[C@H]1C[C@@H]1c1ccccc1)c1ccc2c(c1)Cc1cc(Br)ccc1-2. The topological polar surface area (TPSA) is 104 Å². The van der Waals surface area contributed by atoms with E-state index < -0.39 is 16.2 Å². The fourth-order valence-corrected chi connectivity index (χ4v) is 5.73. The summed E-state index contributed by atoms with van der Waals surface area (Å²) in [6.45, 7) is 0. The van der Waals surface area contributed by atoms with Gasteiger partial charge in [-0.1, -0.05) is 58.4 Å². The lowest BCUT2D eigenvalue weighted by Gasteiger charge is -2.09. The molecule has 2 atom stereocenters. The van der Waals surface area contributed by atoms with Gasteiger partial charge in [-0.3, -0.25) is 0 Å². The molecule has 31 heavy (non-hydrogen) atoms. The Morgan fingerprint density at radius 1 is 0.935 bits per heavy atom. The Hall–Kier alpha value is -2.68. The number of rotatable bonds is 4. The summed E-state index contributed by atoms with van der Waals surface area (Å²) in [5.74, 6) is 0.275. The van der Waals surface area contributed by atoms with Crippen LogP contribution in [0.4, 0.5) is 4.79 Å². The standard InChI is InChI=1S/C22H18BrNO2S.CH2O3/c23-17-6-8-19-15(11-17)10-16-12-18(7-9-20(16)19)27(25,26)24-22-13-21(22)14-4-2-1-3-5-14;2-1(3)4/h1-9,11-12,21-22,24H,10,13H2;(H2,2,3,4)/t21-,22+;/m1./s1. The lowest BCUT2D eigenvalue weighted by Crippen LogP contribution is -2.27. The van der Waals surface area contributed by atoms with Gasteiger partial charge in [0, 0.05) is 16.4 Å². The molecule has 1 saturated carbocycles. The zero-order valence-electron chi connectivity index (χ0n) is 16.3. The molecule has 0 aliphatic heterocycles. The maximum Gasteiger partial charge on any atom is 0.503 e.